The van der Waals surface area contributed by atoms with Gasteiger partial charge in [0.1, 0.15) is 6.23 Å². The minimum Gasteiger partial charge on any atom is -0.398 e. The lowest BCUT2D eigenvalue weighted by Crippen LogP contribution is -2.14. The quantitative estimate of drug-likeness (QED) is 0.486. The molecule has 0 amide bonds. The van der Waals surface area contributed by atoms with E-state index in [9.17, 15) is 0 Å². The molecule has 14 heavy (non-hydrogen) atoms. The fourth-order valence-corrected chi connectivity index (χ4v) is 1.31. The Labute approximate surface area is 84.0 Å². The average Bonchev–Trinajstić information content (AvgIpc) is 2.10. The molecule has 0 bridgehead atoms. The third-order valence-corrected chi connectivity index (χ3v) is 2.10. The molecule has 0 aromatic heterocycles. The van der Waals surface area contributed by atoms with Crippen molar-refractivity contribution in [2.45, 2.75) is 20.1 Å². The monoisotopic (exact) mass is 192 g/mol. The molecule has 3 heteroatoms. The van der Waals surface area contributed by atoms with Gasteiger partial charge in [-0.05, 0) is 48.7 Å². The second-order valence-corrected chi connectivity index (χ2v) is 3.42. The van der Waals surface area contributed by atoms with E-state index >= 15 is 0 Å². The first-order valence-electron chi connectivity index (χ1n) is 4.49. The zero-order chi connectivity index (χ0) is 10.7. The van der Waals surface area contributed by atoms with Gasteiger partial charge in [-0.25, -0.2) is 0 Å². The van der Waals surface area contributed by atoms with E-state index in [0.717, 1.165) is 22.4 Å². The van der Waals surface area contributed by atoms with Gasteiger partial charge in [-0.3, -0.25) is 0 Å². The third-order valence-electron chi connectivity index (χ3n) is 2.10. The standard InChI is InChI=1S/C11H16N2O/c1-7-5-9(3-4-10(12)14)6-8(2)11(7)13/h3-6,10,14H,12-13H2,1-2H3/b4-3+/t10-/m0/s1. The fraction of sp³-hybridized carbons (Fsp3) is 0.273. The van der Waals surface area contributed by atoms with E-state index in [0.29, 0.717) is 0 Å². The number of aryl methyl sites for hydroxylation is 2. The van der Waals surface area contributed by atoms with Crippen molar-refractivity contribution in [1.29, 1.82) is 0 Å². The minimum atomic E-state index is -0.909. The predicted molar refractivity (Wildman–Crippen MR) is 59.6 cm³/mol. The number of hydrogen-bond donors (Lipinski definition) is 3. The molecule has 1 atom stereocenters. The van der Waals surface area contributed by atoms with Crippen molar-refractivity contribution < 1.29 is 5.11 Å². The summed E-state index contributed by atoms with van der Waals surface area (Å²) < 4.78 is 0. The maximum Gasteiger partial charge on any atom is 0.121 e. The van der Waals surface area contributed by atoms with Crippen molar-refractivity contribution in [1.82, 2.24) is 0 Å². The Morgan fingerprint density at radius 3 is 2.21 bits per heavy atom. The number of aliphatic hydroxyl groups excluding tert-OH is 1. The molecule has 1 aromatic rings. The van der Waals surface area contributed by atoms with E-state index in [4.69, 9.17) is 16.6 Å². The topological polar surface area (TPSA) is 72.3 Å². The molecule has 5 N–H and O–H groups in total. The molecular weight excluding hydrogens is 176 g/mol. The van der Waals surface area contributed by atoms with Crippen LogP contribution in [-0.2, 0) is 0 Å². The maximum atomic E-state index is 8.87. The summed E-state index contributed by atoms with van der Waals surface area (Å²) in [6.07, 6.45) is 2.40. The Balaban J connectivity index is 3.01. The molecule has 0 aliphatic carbocycles. The first-order chi connectivity index (χ1) is 6.50. The van der Waals surface area contributed by atoms with Gasteiger partial charge in [0.25, 0.3) is 0 Å². The molecule has 0 aliphatic heterocycles. The highest BCUT2D eigenvalue weighted by Gasteiger charge is 1.99. The third kappa shape index (κ3) is 2.58. The first-order valence-corrected chi connectivity index (χ1v) is 4.49. The highest BCUT2D eigenvalue weighted by Crippen LogP contribution is 2.19. The van der Waals surface area contributed by atoms with E-state index in [2.05, 4.69) is 0 Å². The van der Waals surface area contributed by atoms with Gasteiger partial charge in [-0.2, -0.15) is 0 Å². The molecular formula is C11H16N2O. The number of nitrogens with two attached hydrogens (primary N) is 2. The lowest BCUT2D eigenvalue weighted by molar-refractivity contribution is 0.232. The average molecular weight is 192 g/mol. The number of hydrogen-bond acceptors (Lipinski definition) is 3. The van der Waals surface area contributed by atoms with E-state index in [-0.39, 0.29) is 0 Å². The van der Waals surface area contributed by atoms with Crippen LogP contribution >= 0.6 is 0 Å². The maximum absolute atomic E-state index is 8.87. The summed E-state index contributed by atoms with van der Waals surface area (Å²) in [7, 11) is 0. The van der Waals surface area contributed by atoms with Gasteiger partial charge in [0.15, 0.2) is 0 Å². The molecule has 76 valence electrons. The first kappa shape index (κ1) is 10.8. The van der Waals surface area contributed by atoms with Gasteiger partial charge in [-0.15, -0.1) is 0 Å². The molecule has 0 aliphatic rings. The van der Waals surface area contributed by atoms with Gasteiger partial charge < -0.3 is 16.6 Å². The molecule has 3 nitrogen and oxygen atoms in total. The summed E-state index contributed by atoms with van der Waals surface area (Å²) in [6, 6.07) is 3.92. The molecule has 1 aromatic carbocycles. The van der Waals surface area contributed by atoms with Gasteiger partial charge >= 0.3 is 0 Å². The van der Waals surface area contributed by atoms with Crippen LogP contribution in [-0.4, -0.2) is 11.3 Å². The number of anilines is 1. The van der Waals surface area contributed by atoms with Crippen LogP contribution in [0.25, 0.3) is 6.08 Å². The minimum absolute atomic E-state index is 0.815. The molecule has 0 saturated carbocycles. The van der Waals surface area contributed by atoms with Crippen LogP contribution in [0.15, 0.2) is 18.2 Å². The van der Waals surface area contributed by atoms with Crippen molar-refractivity contribution in [2.75, 3.05) is 5.73 Å². The van der Waals surface area contributed by atoms with Crippen LogP contribution < -0.4 is 11.5 Å². The Hall–Kier alpha value is -1.32. The summed E-state index contributed by atoms with van der Waals surface area (Å²) in [5.41, 5.74) is 14.9. The number of aliphatic hydroxyl groups is 1. The van der Waals surface area contributed by atoms with E-state index in [1.54, 1.807) is 6.08 Å². The highest BCUT2D eigenvalue weighted by atomic mass is 16.3. The van der Waals surface area contributed by atoms with E-state index < -0.39 is 6.23 Å². The largest absolute Gasteiger partial charge is 0.398 e. The van der Waals surface area contributed by atoms with E-state index in [1.807, 2.05) is 26.0 Å². The van der Waals surface area contributed by atoms with Gasteiger partial charge in [0.05, 0.1) is 0 Å². The smallest absolute Gasteiger partial charge is 0.121 e. The zero-order valence-electron chi connectivity index (χ0n) is 8.49. The Kier molecular flexibility index (Phi) is 3.28. The molecule has 0 unspecified atom stereocenters. The number of benzene rings is 1. The second-order valence-electron chi connectivity index (χ2n) is 3.42. The molecule has 1 rings (SSSR count). The summed E-state index contributed by atoms with van der Waals surface area (Å²) in [4.78, 5) is 0. The molecule has 0 heterocycles. The van der Waals surface area contributed by atoms with E-state index in [1.165, 1.54) is 6.08 Å². The highest BCUT2D eigenvalue weighted by molar-refractivity contribution is 5.61. The normalized spacial score (nSPS) is 13.4. The summed E-state index contributed by atoms with van der Waals surface area (Å²) in [5, 5.41) is 8.87. The van der Waals surface area contributed by atoms with Gasteiger partial charge in [-0.1, -0.05) is 6.08 Å². The number of nitrogen functional groups attached to an aromatic ring is 1. The van der Waals surface area contributed by atoms with Crippen molar-refractivity contribution in [3.63, 3.8) is 0 Å². The van der Waals surface area contributed by atoms with Crippen molar-refractivity contribution in [2.24, 2.45) is 5.73 Å². The van der Waals surface area contributed by atoms with Crippen LogP contribution in [0.4, 0.5) is 5.69 Å². The summed E-state index contributed by atoms with van der Waals surface area (Å²) >= 11 is 0. The van der Waals surface area contributed by atoms with Crippen LogP contribution in [0.3, 0.4) is 0 Å². The van der Waals surface area contributed by atoms with Gasteiger partial charge in [0.2, 0.25) is 0 Å². The van der Waals surface area contributed by atoms with Crippen molar-refractivity contribution >= 4 is 11.8 Å². The second kappa shape index (κ2) is 4.26. The molecule has 0 saturated heterocycles. The number of rotatable bonds is 2. The zero-order valence-corrected chi connectivity index (χ0v) is 8.49. The lowest BCUT2D eigenvalue weighted by Gasteiger charge is -2.06. The van der Waals surface area contributed by atoms with Crippen LogP contribution in [0, 0.1) is 13.8 Å². The Morgan fingerprint density at radius 1 is 1.29 bits per heavy atom. The summed E-state index contributed by atoms with van der Waals surface area (Å²) in [5.74, 6) is 0. The molecule has 0 radical (unpaired) electrons. The Bertz CT molecular complexity index is 333. The summed E-state index contributed by atoms with van der Waals surface area (Å²) in [6.45, 7) is 3.91. The lowest BCUT2D eigenvalue weighted by atomic mass is 10.0. The van der Waals surface area contributed by atoms with Crippen molar-refractivity contribution in [3.05, 3.63) is 34.9 Å². The van der Waals surface area contributed by atoms with Crippen LogP contribution in [0.1, 0.15) is 16.7 Å². The SMILES string of the molecule is Cc1cc(/C=C/[C@@H](N)O)cc(C)c1N. The fourth-order valence-electron chi connectivity index (χ4n) is 1.31. The Morgan fingerprint density at radius 2 is 1.79 bits per heavy atom. The van der Waals surface area contributed by atoms with Crippen LogP contribution in [0.5, 0.6) is 0 Å². The van der Waals surface area contributed by atoms with Crippen molar-refractivity contribution in [3.8, 4) is 0 Å². The molecule has 0 spiro atoms. The van der Waals surface area contributed by atoms with Crippen LogP contribution in [0.2, 0.25) is 0 Å². The predicted octanol–water partition coefficient (Wildman–Crippen LogP) is 1.18. The molecule has 0 fully saturated rings. The van der Waals surface area contributed by atoms with Gasteiger partial charge in [0, 0.05) is 5.69 Å².